The van der Waals surface area contributed by atoms with Crippen molar-refractivity contribution in [3.05, 3.63) is 150 Å². The highest BCUT2D eigenvalue weighted by molar-refractivity contribution is 6.02. The average Bonchev–Trinajstić information content (AvgIpc) is 3.37. The Kier molecular flexibility index (Phi) is 17.9. The third kappa shape index (κ3) is 13.9. The lowest BCUT2D eigenvalue weighted by Gasteiger charge is -2.40. The zero-order chi connectivity index (χ0) is 49.3. The highest BCUT2D eigenvalue weighted by atomic mass is 16.6. The Morgan fingerprint density at radius 1 is 0.543 bits per heavy atom. The van der Waals surface area contributed by atoms with Crippen molar-refractivity contribution < 1.29 is 61.9 Å². The number of fused-ring (bicyclic) bond motifs is 2. The van der Waals surface area contributed by atoms with E-state index in [0.29, 0.717) is 60.2 Å². The largest absolute Gasteiger partial charge is 0.494 e. The number of hydrogen-bond donors (Lipinski definition) is 0. The summed E-state index contributed by atoms with van der Waals surface area (Å²) in [4.78, 5) is 64.0. The number of rotatable bonds is 26. The zero-order valence-electron chi connectivity index (χ0n) is 39.7. The summed E-state index contributed by atoms with van der Waals surface area (Å²) in [7, 11) is 0. The van der Waals surface area contributed by atoms with Crippen molar-refractivity contribution in [1.82, 2.24) is 0 Å². The maximum absolute atomic E-state index is 13.5. The first-order chi connectivity index (χ1) is 34.0. The third-order valence-corrected chi connectivity index (χ3v) is 12.0. The van der Waals surface area contributed by atoms with E-state index in [-0.39, 0.29) is 40.2 Å². The van der Waals surface area contributed by atoms with Crippen molar-refractivity contribution in [2.75, 3.05) is 46.2 Å². The van der Waals surface area contributed by atoms with Gasteiger partial charge in [-0.3, -0.25) is 4.79 Å². The van der Waals surface area contributed by atoms with E-state index < -0.39 is 23.9 Å². The number of esters is 4. The SMILES string of the molecule is C=CC(=O)OCCCCCCOc1ccc2cc(C(=O)Oc3ccc(OC(=O)c4ccc5cc(OC(=O)c6ccc(OCCCCOCC7(CC)COC7)cc6)ccc5c4)c(C(=O)CC)c3)ccc2c1. The predicted molar refractivity (Wildman–Crippen MR) is 264 cm³/mol. The number of hydrogen-bond acceptors (Lipinski definition) is 13. The van der Waals surface area contributed by atoms with Gasteiger partial charge in [-0.2, -0.15) is 0 Å². The van der Waals surface area contributed by atoms with E-state index in [1.165, 1.54) is 18.2 Å². The Balaban J connectivity index is 0.879. The lowest BCUT2D eigenvalue weighted by atomic mass is 9.84. The standard InChI is InChI=1S/C57H58O13/c1-4-51(58)50-35-49(69-55(61)44-15-13-42-33-47(23-19-40(42)31-44)66-28-9-7-8-10-30-67-53(59)5-2)25-26-52(50)70-56(62)45-16-14-43-34-48(24-20-41(43)32-45)68-54(60)39-17-21-46(22-18-39)65-29-12-11-27-63-36-57(6-3)37-64-38-57/h5,13-26,31-35H,2,4,6-12,27-30,36-38H2,1,3H3. The minimum atomic E-state index is -0.695. The summed E-state index contributed by atoms with van der Waals surface area (Å²) in [5.41, 5.74) is 1.18. The molecule has 70 heavy (non-hydrogen) atoms. The summed E-state index contributed by atoms with van der Waals surface area (Å²) >= 11 is 0. The van der Waals surface area contributed by atoms with Crippen LogP contribution in [0.2, 0.25) is 0 Å². The average molecular weight is 951 g/mol. The summed E-state index contributed by atoms with van der Waals surface area (Å²) in [5, 5.41) is 3.11. The maximum atomic E-state index is 13.5. The fraction of sp³-hybridized carbons (Fsp3) is 0.316. The van der Waals surface area contributed by atoms with Crippen LogP contribution < -0.4 is 23.7 Å². The van der Waals surface area contributed by atoms with Crippen LogP contribution in [0.5, 0.6) is 28.7 Å². The topological polar surface area (TPSA) is 159 Å². The molecule has 0 amide bonds. The second-order valence-electron chi connectivity index (χ2n) is 17.2. The van der Waals surface area contributed by atoms with E-state index in [1.807, 2.05) is 24.3 Å². The van der Waals surface area contributed by atoms with Crippen LogP contribution in [0, 0.1) is 5.41 Å². The number of unbranched alkanes of at least 4 members (excludes halogenated alkanes) is 4. The lowest BCUT2D eigenvalue weighted by Crippen LogP contribution is -2.45. The van der Waals surface area contributed by atoms with Crippen LogP contribution in [0.3, 0.4) is 0 Å². The first kappa shape index (κ1) is 50.5. The Hall–Kier alpha value is -7.35. The third-order valence-electron chi connectivity index (χ3n) is 12.0. The number of carbonyl (C=O) groups is 5. The molecule has 1 fully saturated rings. The van der Waals surface area contributed by atoms with Gasteiger partial charge in [0.15, 0.2) is 5.78 Å². The molecule has 0 atom stereocenters. The normalized spacial score (nSPS) is 12.7. The molecule has 13 nitrogen and oxygen atoms in total. The molecule has 1 aliphatic rings. The van der Waals surface area contributed by atoms with E-state index in [2.05, 4.69) is 13.5 Å². The molecule has 0 spiro atoms. The molecule has 1 saturated heterocycles. The molecule has 7 rings (SSSR count). The monoisotopic (exact) mass is 950 g/mol. The van der Waals surface area contributed by atoms with Crippen molar-refractivity contribution in [2.45, 2.75) is 65.2 Å². The molecule has 1 heterocycles. The van der Waals surface area contributed by atoms with Gasteiger partial charge in [0.25, 0.3) is 0 Å². The second-order valence-corrected chi connectivity index (χ2v) is 17.2. The van der Waals surface area contributed by atoms with Crippen molar-refractivity contribution in [2.24, 2.45) is 5.41 Å². The molecule has 6 aromatic rings. The van der Waals surface area contributed by atoms with Crippen LogP contribution >= 0.6 is 0 Å². The smallest absolute Gasteiger partial charge is 0.343 e. The Bertz CT molecular complexity index is 2800. The lowest BCUT2D eigenvalue weighted by molar-refractivity contribution is -0.150. The first-order valence-electron chi connectivity index (χ1n) is 23.8. The van der Waals surface area contributed by atoms with Gasteiger partial charge >= 0.3 is 23.9 Å². The van der Waals surface area contributed by atoms with Crippen LogP contribution in [0.25, 0.3) is 21.5 Å². The van der Waals surface area contributed by atoms with Gasteiger partial charge in [-0.05, 0) is 157 Å². The second kappa shape index (κ2) is 24.8. The molecular formula is C57H58O13. The molecule has 0 saturated carbocycles. The summed E-state index contributed by atoms with van der Waals surface area (Å²) in [6, 6.07) is 31.9. The van der Waals surface area contributed by atoms with Crippen molar-refractivity contribution in [3.8, 4) is 28.7 Å². The van der Waals surface area contributed by atoms with Gasteiger partial charge < -0.3 is 37.9 Å². The molecular weight excluding hydrogens is 893 g/mol. The molecule has 0 N–H and O–H groups in total. The molecule has 6 aromatic carbocycles. The van der Waals surface area contributed by atoms with Gasteiger partial charge in [-0.25, -0.2) is 19.2 Å². The van der Waals surface area contributed by atoms with Crippen LogP contribution in [-0.2, 0) is 19.0 Å². The molecule has 13 heteroatoms. The van der Waals surface area contributed by atoms with Gasteiger partial charge in [-0.1, -0.05) is 44.7 Å². The van der Waals surface area contributed by atoms with Crippen LogP contribution in [-0.4, -0.2) is 75.9 Å². The van der Waals surface area contributed by atoms with Gasteiger partial charge in [-0.15, -0.1) is 0 Å². The van der Waals surface area contributed by atoms with Gasteiger partial charge in [0.1, 0.15) is 28.7 Å². The van der Waals surface area contributed by atoms with Gasteiger partial charge in [0, 0.05) is 24.5 Å². The zero-order valence-corrected chi connectivity index (χ0v) is 39.7. The highest BCUT2D eigenvalue weighted by Crippen LogP contribution is 2.32. The Morgan fingerprint density at radius 3 is 1.67 bits per heavy atom. The van der Waals surface area contributed by atoms with E-state index in [9.17, 15) is 24.0 Å². The molecule has 1 aliphatic heterocycles. The molecule has 0 aliphatic carbocycles. The summed E-state index contributed by atoms with van der Waals surface area (Å²) < 4.78 is 45.1. The van der Waals surface area contributed by atoms with Gasteiger partial charge in [0.05, 0.1) is 61.9 Å². The predicted octanol–water partition coefficient (Wildman–Crippen LogP) is 11.5. The summed E-state index contributed by atoms with van der Waals surface area (Å²) in [5.74, 6) is -0.741. The van der Waals surface area contributed by atoms with E-state index in [1.54, 1.807) is 79.7 Å². The van der Waals surface area contributed by atoms with Gasteiger partial charge in [0.2, 0.25) is 0 Å². The molecule has 0 bridgehead atoms. The number of carbonyl (C=O) groups excluding carboxylic acids is 5. The Labute approximate surface area is 407 Å². The Morgan fingerprint density at radius 2 is 1.04 bits per heavy atom. The fourth-order valence-electron chi connectivity index (χ4n) is 7.65. The number of ketones is 1. The first-order valence-corrected chi connectivity index (χ1v) is 23.8. The van der Waals surface area contributed by atoms with Crippen molar-refractivity contribution >= 4 is 51.2 Å². The molecule has 0 radical (unpaired) electrons. The fourth-order valence-corrected chi connectivity index (χ4v) is 7.65. The van der Waals surface area contributed by atoms with E-state index >= 15 is 0 Å². The highest BCUT2D eigenvalue weighted by Gasteiger charge is 2.36. The van der Waals surface area contributed by atoms with E-state index in [4.69, 9.17) is 37.9 Å². The van der Waals surface area contributed by atoms with Crippen molar-refractivity contribution in [1.29, 1.82) is 0 Å². The minimum absolute atomic E-state index is 0.0232. The number of ether oxygens (including phenoxy) is 8. The number of Topliss-reactive ketones (excluding diaryl/α,β-unsaturated/α-hetero) is 1. The summed E-state index contributed by atoms with van der Waals surface area (Å²) in [6.07, 6.45) is 7.55. The van der Waals surface area contributed by atoms with E-state index in [0.717, 1.165) is 87.0 Å². The summed E-state index contributed by atoms with van der Waals surface area (Å²) in [6.45, 7) is 11.6. The molecule has 0 aromatic heterocycles. The minimum Gasteiger partial charge on any atom is -0.494 e. The van der Waals surface area contributed by atoms with Crippen molar-refractivity contribution in [3.63, 3.8) is 0 Å². The quantitative estimate of drug-likeness (QED) is 0.0166. The van der Waals surface area contributed by atoms with Crippen LogP contribution in [0.15, 0.2) is 128 Å². The van der Waals surface area contributed by atoms with Crippen LogP contribution in [0.4, 0.5) is 0 Å². The van der Waals surface area contributed by atoms with Crippen LogP contribution in [0.1, 0.15) is 107 Å². The maximum Gasteiger partial charge on any atom is 0.343 e. The molecule has 0 unspecified atom stereocenters. The molecule has 364 valence electrons. The number of benzene rings is 6.